The monoisotopic (exact) mass is 315 g/mol. The third kappa shape index (κ3) is 8.16. The van der Waals surface area contributed by atoms with E-state index in [1.165, 1.54) is 0 Å². The second-order valence-corrected chi connectivity index (χ2v) is 4.50. The van der Waals surface area contributed by atoms with Crippen molar-refractivity contribution < 1.29 is 14.3 Å². The van der Waals surface area contributed by atoms with Crippen molar-refractivity contribution in [3.63, 3.8) is 0 Å². The van der Waals surface area contributed by atoms with Crippen LogP contribution in [-0.2, 0) is 9.59 Å². The summed E-state index contributed by atoms with van der Waals surface area (Å²) in [5.74, 6) is 0.277. The summed E-state index contributed by atoms with van der Waals surface area (Å²) in [5.41, 5.74) is 6.21. The van der Waals surface area contributed by atoms with E-state index in [9.17, 15) is 9.59 Å². The van der Waals surface area contributed by atoms with E-state index in [1.807, 2.05) is 6.92 Å². The van der Waals surface area contributed by atoms with Crippen molar-refractivity contribution in [3.8, 4) is 5.75 Å². The number of hydrogen-bond donors (Lipinski definition) is 3. The van der Waals surface area contributed by atoms with Crippen LogP contribution in [0.25, 0.3) is 0 Å². The largest absolute Gasteiger partial charge is 0.484 e. The van der Waals surface area contributed by atoms with E-state index in [2.05, 4.69) is 10.6 Å². The fraction of sp³-hybridized carbons (Fsp3) is 0.429. The van der Waals surface area contributed by atoms with E-state index in [1.54, 1.807) is 31.2 Å². The van der Waals surface area contributed by atoms with Gasteiger partial charge in [0.15, 0.2) is 6.61 Å². The molecule has 6 nitrogen and oxygen atoms in total. The van der Waals surface area contributed by atoms with Gasteiger partial charge in [-0.25, -0.2) is 0 Å². The van der Waals surface area contributed by atoms with Gasteiger partial charge in [-0.2, -0.15) is 0 Å². The molecule has 21 heavy (non-hydrogen) atoms. The number of amides is 2. The fourth-order valence-corrected chi connectivity index (χ4v) is 1.54. The minimum absolute atomic E-state index is 0. The van der Waals surface area contributed by atoms with Crippen molar-refractivity contribution >= 4 is 29.9 Å². The maximum atomic E-state index is 11.5. The second kappa shape index (κ2) is 10.0. The summed E-state index contributed by atoms with van der Waals surface area (Å²) in [4.78, 5) is 22.7. The lowest BCUT2D eigenvalue weighted by molar-refractivity contribution is -0.123. The Balaban J connectivity index is 0.00000400. The number of ether oxygens (including phenoxy) is 1. The van der Waals surface area contributed by atoms with Gasteiger partial charge < -0.3 is 21.1 Å². The van der Waals surface area contributed by atoms with Gasteiger partial charge in [-0.15, -0.1) is 12.4 Å². The summed E-state index contributed by atoms with van der Waals surface area (Å²) in [5, 5.41) is 5.37. The molecule has 0 saturated carbocycles. The molecule has 0 radical (unpaired) electrons. The quantitative estimate of drug-likeness (QED) is 0.707. The zero-order chi connectivity index (χ0) is 15.0. The van der Waals surface area contributed by atoms with Crippen molar-refractivity contribution in [1.29, 1.82) is 0 Å². The molecule has 1 atom stereocenters. The minimum atomic E-state index is -0.172. The Morgan fingerprint density at radius 2 is 1.86 bits per heavy atom. The molecule has 7 heteroatoms. The van der Waals surface area contributed by atoms with E-state index in [0.717, 1.165) is 0 Å². The van der Waals surface area contributed by atoms with Crippen LogP contribution in [0.2, 0.25) is 0 Å². The van der Waals surface area contributed by atoms with E-state index < -0.39 is 0 Å². The molecule has 0 bridgehead atoms. The maximum absolute atomic E-state index is 11.5. The van der Waals surface area contributed by atoms with Gasteiger partial charge in [-0.3, -0.25) is 9.59 Å². The van der Waals surface area contributed by atoms with Crippen LogP contribution in [0.15, 0.2) is 24.3 Å². The van der Waals surface area contributed by atoms with Gasteiger partial charge in [0.25, 0.3) is 5.91 Å². The highest BCUT2D eigenvalue weighted by molar-refractivity contribution is 5.91. The highest BCUT2D eigenvalue weighted by Crippen LogP contribution is 2.15. The van der Waals surface area contributed by atoms with Crippen molar-refractivity contribution in [2.75, 3.05) is 18.5 Å². The summed E-state index contributed by atoms with van der Waals surface area (Å²) in [6.45, 7) is 4.17. The van der Waals surface area contributed by atoms with E-state index in [0.29, 0.717) is 18.0 Å². The first kappa shape index (κ1) is 19.2. The zero-order valence-corrected chi connectivity index (χ0v) is 13.0. The highest BCUT2D eigenvalue weighted by atomic mass is 35.5. The topological polar surface area (TPSA) is 93.5 Å². The van der Waals surface area contributed by atoms with Gasteiger partial charge in [-0.1, -0.05) is 0 Å². The van der Waals surface area contributed by atoms with Crippen molar-refractivity contribution in [2.24, 2.45) is 5.73 Å². The number of rotatable bonds is 7. The molecule has 0 aliphatic rings. The standard InChI is InChI=1S/C14H21N3O3.ClH/c1-3-16-14(19)9-20-12-6-4-11(5-7-12)17-13(18)8-10(2)15;/h4-7,10H,3,8-9,15H2,1-2H3,(H,16,19)(H,17,18);1H. The van der Waals surface area contributed by atoms with Crippen LogP contribution in [-0.4, -0.2) is 31.0 Å². The third-order valence-corrected chi connectivity index (χ3v) is 2.39. The number of nitrogens with two attached hydrogens (primary N) is 1. The lowest BCUT2D eigenvalue weighted by Crippen LogP contribution is -2.28. The van der Waals surface area contributed by atoms with Crippen LogP contribution >= 0.6 is 12.4 Å². The predicted molar refractivity (Wildman–Crippen MR) is 84.8 cm³/mol. The van der Waals surface area contributed by atoms with Gasteiger partial charge >= 0.3 is 0 Å². The van der Waals surface area contributed by atoms with Gasteiger partial charge in [0.05, 0.1) is 0 Å². The summed E-state index contributed by atoms with van der Waals surface area (Å²) in [7, 11) is 0. The maximum Gasteiger partial charge on any atom is 0.257 e. The first-order valence-corrected chi connectivity index (χ1v) is 6.56. The molecule has 0 fully saturated rings. The molecule has 0 aromatic heterocycles. The molecule has 0 aliphatic heterocycles. The van der Waals surface area contributed by atoms with Crippen LogP contribution < -0.4 is 21.1 Å². The Kier molecular flexibility index (Phi) is 9.16. The number of halogens is 1. The van der Waals surface area contributed by atoms with Crippen LogP contribution in [0, 0.1) is 0 Å². The van der Waals surface area contributed by atoms with Gasteiger partial charge in [0.1, 0.15) is 5.75 Å². The molecule has 0 saturated heterocycles. The third-order valence-electron chi connectivity index (χ3n) is 2.39. The van der Waals surface area contributed by atoms with Crippen LogP contribution in [0.3, 0.4) is 0 Å². The number of nitrogens with one attached hydrogen (secondary N) is 2. The molecule has 1 unspecified atom stereocenters. The molecule has 118 valence electrons. The Hall–Kier alpha value is -1.79. The van der Waals surface area contributed by atoms with Crippen LogP contribution in [0.4, 0.5) is 5.69 Å². The molecule has 4 N–H and O–H groups in total. The summed E-state index contributed by atoms with van der Waals surface area (Å²) >= 11 is 0. The smallest absolute Gasteiger partial charge is 0.257 e. The number of hydrogen-bond acceptors (Lipinski definition) is 4. The van der Waals surface area contributed by atoms with Crippen molar-refractivity contribution in [2.45, 2.75) is 26.3 Å². The normalized spacial score (nSPS) is 11.0. The molecule has 1 aromatic carbocycles. The van der Waals surface area contributed by atoms with E-state index >= 15 is 0 Å². The summed E-state index contributed by atoms with van der Waals surface area (Å²) in [6.07, 6.45) is 0.273. The van der Waals surface area contributed by atoms with Crippen molar-refractivity contribution in [1.82, 2.24) is 5.32 Å². The number of carbonyl (C=O) groups is 2. The molecule has 2 amide bonds. The molecule has 0 heterocycles. The summed E-state index contributed by atoms with van der Waals surface area (Å²) < 4.78 is 5.30. The van der Waals surface area contributed by atoms with E-state index in [4.69, 9.17) is 10.5 Å². The zero-order valence-electron chi connectivity index (χ0n) is 12.2. The molecule has 1 aromatic rings. The number of likely N-dealkylation sites (N-methyl/N-ethyl adjacent to an activating group) is 1. The SMILES string of the molecule is CCNC(=O)COc1ccc(NC(=O)CC(C)N)cc1.Cl. The minimum Gasteiger partial charge on any atom is -0.484 e. The van der Waals surface area contributed by atoms with E-state index in [-0.39, 0.29) is 43.3 Å². The number of carbonyl (C=O) groups excluding carboxylic acids is 2. The number of anilines is 1. The molecular weight excluding hydrogens is 294 g/mol. The lowest BCUT2D eigenvalue weighted by atomic mass is 10.2. The fourth-order valence-electron chi connectivity index (χ4n) is 1.54. The average molecular weight is 316 g/mol. The summed E-state index contributed by atoms with van der Waals surface area (Å²) in [6, 6.07) is 6.65. The lowest BCUT2D eigenvalue weighted by Gasteiger charge is -2.09. The Labute approximate surface area is 130 Å². The molecule has 0 spiro atoms. The predicted octanol–water partition coefficient (Wildman–Crippen LogP) is 1.30. The van der Waals surface area contributed by atoms with Crippen LogP contribution in [0.1, 0.15) is 20.3 Å². The highest BCUT2D eigenvalue weighted by Gasteiger charge is 2.06. The van der Waals surface area contributed by atoms with Gasteiger partial charge in [0, 0.05) is 24.7 Å². The molecule has 0 aliphatic carbocycles. The van der Waals surface area contributed by atoms with Crippen molar-refractivity contribution in [3.05, 3.63) is 24.3 Å². The number of benzene rings is 1. The van der Waals surface area contributed by atoms with Gasteiger partial charge in [0.2, 0.25) is 5.91 Å². The Morgan fingerprint density at radius 3 is 2.38 bits per heavy atom. The first-order chi connectivity index (χ1) is 9.51. The molecule has 1 rings (SSSR count). The first-order valence-electron chi connectivity index (χ1n) is 6.56. The Bertz CT molecular complexity index is 449. The molecular formula is C14H22ClN3O3. The second-order valence-electron chi connectivity index (χ2n) is 4.50. The average Bonchev–Trinajstić information content (AvgIpc) is 2.37. The van der Waals surface area contributed by atoms with Gasteiger partial charge in [-0.05, 0) is 38.1 Å². The van der Waals surface area contributed by atoms with Crippen LogP contribution in [0.5, 0.6) is 5.75 Å². The Morgan fingerprint density at radius 1 is 1.24 bits per heavy atom.